The summed E-state index contributed by atoms with van der Waals surface area (Å²) in [5.74, 6) is 2.02. The zero-order chi connectivity index (χ0) is 32.6. The van der Waals surface area contributed by atoms with E-state index in [9.17, 15) is 0 Å². The zero-order valence-electron chi connectivity index (χ0n) is 27.6. The Morgan fingerprint density at radius 2 is 0.708 bits per heavy atom. The van der Waals surface area contributed by atoms with Gasteiger partial charge in [-0.3, -0.25) is 0 Å². The van der Waals surface area contributed by atoms with Crippen LogP contribution in [0.1, 0.15) is 49.9 Å². The van der Waals surface area contributed by atoms with Gasteiger partial charge in [0.2, 0.25) is 0 Å². The van der Waals surface area contributed by atoms with E-state index in [1.54, 1.807) is 0 Å². The van der Waals surface area contributed by atoms with E-state index >= 15 is 0 Å². The summed E-state index contributed by atoms with van der Waals surface area (Å²) in [7, 11) is 0. The minimum Gasteiger partial charge on any atom is -0.208 e. The molecule has 48 heavy (non-hydrogen) atoms. The van der Waals surface area contributed by atoms with Crippen LogP contribution in [-0.2, 0) is 10.8 Å². The minimum atomic E-state index is -0.120. The fraction of sp³-hybridized carbons (Fsp3) is 0.133. The molecule has 0 spiro atoms. The molecule has 0 N–H and O–H groups in total. The van der Waals surface area contributed by atoms with Crippen molar-refractivity contribution < 1.29 is 0 Å². The Kier molecular flexibility index (Phi) is 6.20. The third-order valence-corrected chi connectivity index (χ3v) is 10.5. The van der Waals surface area contributed by atoms with Gasteiger partial charge in [0.25, 0.3) is 0 Å². The molecule has 0 bridgehead atoms. The monoisotopic (exact) mass is 617 g/mol. The predicted octanol–water partition coefficient (Wildman–Crippen LogP) is 11.2. The summed E-state index contributed by atoms with van der Waals surface area (Å²) in [6.45, 7) is 9.24. The van der Waals surface area contributed by atoms with E-state index < -0.39 is 0 Å². The lowest BCUT2D eigenvalue weighted by Gasteiger charge is -2.22. The standard InChI is InChI=1S/C45H35N3/c1-44(2)37-19-10-8-17-33(37)35-23-21-31(26-39(35)44)42-46-41(30-16-12-15-29(25-30)28-13-6-5-7-14-28)47-43(48-42)32-22-24-36-34-18-9-11-20-38(34)45(3,4)40(36)27-32/h5-27H,1-4H3. The molecule has 7 aromatic rings. The molecule has 0 amide bonds. The van der Waals surface area contributed by atoms with E-state index in [1.807, 2.05) is 6.07 Å². The van der Waals surface area contributed by atoms with Gasteiger partial charge in [0.15, 0.2) is 17.5 Å². The van der Waals surface area contributed by atoms with Gasteiger partial charge in [0, 0.05) is 27.5 Å². The van der Waals surface area contributed by atoms with Gasteiger partial charge in [-0.15, -0.1) is 0 Å². The first-order chi connectivity index (χ1) is 23.3. The van der Waals surface area contributed by atoms with Crippen molar-refractivity contribution in [3.63, 3.8) is 0 Å². The van der Waals surface area contributed by atoms with Gasteiger partial charge < -0.3 is 0 Å². The highest BCUT2D eigenvalue weighted by Gasteiger charge is 2.37. The highest BCUT2D eigenvalue weighted by atomic mass is 15.0. The fourth-order valence-electron chi connectivity index (χ4n) is 7.92. The van der Waals surface area contributed by atoms with Crippen LogP contribution < -0.4 is 0 Å². The molecule has 0 saturated heterocycles. The number of aromatic nitrogens is 3. The first kappa shape index (κ1) is 28.5. The molecule has 2 aliphatic rings. The molecule has 2 aliphatic carbocycles. The largest absolute Gasteiger partial charge is 0.208 e. The van der Waals surface area contributed by atoms with Crippen LogP contribution in [0.5, 0.6) is 0 Å². The quantitative estimate of drug-likeness (QED) is 0.197. The average Bonchev–Trinajstić information content (AvgIpc) is 3.51. The Balaban J connectivity index is 1.22. The Labute approximate surface area is 282 Å². The van der Waals surface area contributed by atoms with Crippen molar-refractivity contribution in [2.24, 2.45) is 0 Å². The summed E-state index contributed by atoms with van der Waals surface area (Å²) in [5.41, 5.74) is 15.5. The molecule has 1 heterocycles. The van der Waals surface area contributed by atoms with Crippen LogP contribution in [0.25, 0.3) is 67.5 Å². The number of hydrogen-bond donors (Lipinski definition) is 0. The van der Waals surface area contributed by atoms with Crippen molar-refractivity contribution in [2.75, 3.05) is 0 Å². The molecule has 9 rings (SSSR count). The first-order valence-electron chi connectivity index (χ1n) is 16.7. The number of nitrogens with zero attached hydrogens (tertiary/aromatic N) is 3. The van der Waals surface area contributed by atoms with E-state index in [4.69, 9.17) is 15.0 Å². The highest BCUT2D eigenvalue weighted by Crippen LogP contribution is 2.51. The lowest BCUT2D eigenvalue weighted by molar-refractivity contribution is 0.660. The zero-order valence-corrected chi connectivity index (χ0v) is 27.6. The van der Waals surface area contributed by atoms with E-state index in [0.29, 0.717) is 17.5 Å². The van der Waals surface area contributed by atoms with Gasteiger partial charge in [-0.2, -0.15) is 0 Å². The number of benzene rings is 6. The van der Waals surface area contributed by atoms with Gasteiger partial charge in [0.05, 0.1) is 0 Å². The molecule has 230 valence electrons. The van der Waals surface area contributed by atoms with Crippen LogP contribution in [0.4, 0.5) is 0 Å². The molecule has 1 aromatic heterocycles. The smallest absolute Gasteiger partial charge is 0.164 e. The highest BCUT2D eigenvalue weighted by molar-refractivity contribution is 5.85. The second kappa shape index (κ2) is 10.4. The molecule has 0 atom stereocenters. The number of fused-ring (bicyclic) bond motifs is 6. The Bertz CT molecular complexity index is 2280. The van der Waals surface area contributed by atoms with E-state index in [1.165, 1.54) is 44.5 Å². The second-order valence-corrected chi connectivity index (χ2v) is 14.1. The van der Waals surface area contributed by atoms with Crippen LogP contribution in [0.3, 0.4) is 0 Å². The lowest BCUT2D eigenvalue weighted by atomic mass is 9.82. The Morgan fingerprint density at radius 1 is 0.312 bits per heavy atom. The van der Waals surface area contributed by atoms with Gasteiger partial charge >= 0.3 is 0 Å². The maximum Gasteiger partial charge on any atom is 0.164 e. The summed E-state index contributed by atoms with van der Waals surface area (Å²) in [6, 6.07) is 49.9. The van der Waals surface area contributed by atoms with E-state index in [-0.39, 0.29) is 10.8 Å². The summed E-state index contributed by atoms with van der Waals surface area (Å²) < 4.78 is 0. The van der Waals surface area contributed by atoms with E-state index in [2.05, 4.69) is 161 Å². The molecule has 3 heteroatoms. The number of hydrogen-bond acceptors (Lipinski definition) is 3. The van der Waals surface area contributed by atoms with Crippen molar-refractivity contribution in [1.82, 2.24) is 15.0 Å². The molecule has 6 aromatic carbocycles. The molecule has 3 nitrogen and oxygen atoms in total. The van der Waals surface area contributed by atoms with Crippen LogP contribution in [0, 0.1) is 0 Å². The van der Waals surface area contributed by atoms with Gasteiger partial charge in [-0.05, 0) is 73.8 Å². The third-order valence-electron chi connectivity index (χ3n) is 10.5. The average molecular weight is 618 g/mol. The van der Waals surface area contributed by atoms with Crippen molar-refractivity contribution in [2.45, 2.75) is 38.5 Å². The van der Waals surface area contributed by atoms with Crippen molar-refractivity contribution in [3.8, 4) is 67.5 Å². The normalized spacial score (nSPS) is 14.6. The van der Waals surface area contributed by atoms with Crippen LogP contribution in [0.15, 0.2) is 140 Å². The van der Waals surface area contributed by atoms with Crippen molar-refractivity contribution >= 4 is 0 Å². The molecule has 0 radical (unpaired) electrons. The third kappa shape index (κ3) is 4.31. The molecule has 0 saturated carbocycles. The fourth-order valence-corrected chi connectivity index (χ4v) is 7.92. The summed E-state index contributed by atoms with van der Waals surface area (Å²) >= 11 is 0. The summed E-state index contributed by atoms with van der Waals surface area (Å²) in [6.07, 6.45) is 0. The summed E-state index contributed by atoms with van der Waals surface area (Å²) in [4.78, 5) is 15.5. The van der Waals surface area contributed by atoms with Crippen LogP contribution in [-0.4, -0.2) is 15.0 Å². The predicted molar refractivity (Wildman–Crippen MR) is 197 cm³/mol. The topological polar surface area (TPSA) is 38.7 Å². The Morgan fingerprint density at radius 3 is 1.23 bits per heavy atom. The Hall–Kier alpha value is -5.67. The van der Waals surface area contributed by atoms with Crippen molar-refractivity contribution in [1.29, 1.82) is 0 Å². The molecular formula is C45H35N3. The summed E-state index contributed by atoms with van der Waals surface area (Å²) in [5, 5.41) is 0. The molecule has 0 fully saturated rings. The first-order valence-corrected chi connectivity index (χ1v) is 16.7. The lowest BCUT2D eigenvalue weighted by Crippen LogP contribution is -2.15. The SMILES string of the molecule is CC1(C)c2ccccc2-c2ccc(-c3nc(-c4cccc(-c5ccccc5)c4)nc(-c4ccc5c(c4)C(C)(C)c4ccccc4-5)n3)cc21. The minimum absolute atomic E-state index is 0.120. The maximum atomic E-state index is 5.20. The number of rotatable bonds is 4. The maximum absolute atomic E-state index is 5.20. The van der Waals surface area contributed by atoms with Gasteiger partial charge in [-0.1, -0.05) is 149 Å². The van der Waals surface area contributed by atoms with Crippen LogP contribution in [0.2, 0.25) is 0 Å². The molecular weight excluding hydrogens is 583 g/mol. The van der Waals surface area contributed by atoms with Gasteiger partial charge in [-0.25, -0.2) is 15.0 Å². The van der Waals surface area contributed by atoms with E-state index in [0.717, 1.165) is 27.8 Å². The molecule has 0 unspecified atom stereocenters. The van der Waals surface area contributed by atoms with Crippen LogP contribution >= 0.6 is 0 Å². The molecule has 0 aliphatic heterocycles. The second-order valence-electron chi connectivity index (χ2n) is 14.1. The van der Waals surface area contributed by atoms with Crippen molar-refractivity contribution in [3.05, 3.63) is 162 Å². The van der Waals surface area contributed by atoms with Gasteiger partial charge in [0.1, 0.15) is 0 Å².